The number of nitrogens with zero attached hydrogens (tertiary/aromatic N) is 2. The lowest BCUT2D eigenvalue weighted by molar-refractivity contribution is 0.0153. The smallest absolute Gasteiger partial charge is 0.240 e. The number of hydrogen-bond donors (Lipinski definition) is 1. The lowest BCUT2D eigenvalue weighted by Gasteiger charge is -2.20. The molecule has 118 valence electrons. The molecule has 0 aliphatic carbocycles. The van der Waals surface area contributed by atoms with Crippen molar-refractivity contribution in [3.8, 4) is 0 Å². The minimum atomic E-state index is -2.86. The van der Waals surface area contributed by atoms with E-state index in [0.29, 0.717) is 31.1 Å². The summed E-state index contributed by atoms with van der Waals surface area (Å²) in [6, 6.07) is -0.00738. The Labute approximate surface area is 124 Å². The maximum atomic E-state index is 11.4. The van der Waals surface area contributed by atoms with Gasteiger partial charge in [0.05, 0.1) is 24.2 Å². The molecule has 8 heteroatoms. The molecule has 7 nitrogen and oxygen atoms in total. The fourth-order valence-electron chi connectivity index (χ4n) is 2.80. The Morgan fingerprint density at radius 1 is 1.29 bits per heavy atom. The second kappa shape index (κ2) is 6.41. The average molecular weight is 315 g/mol. The van der Waals surface area contributed by atoms with Crippen molar-refractivity contribution in [2.45, 2.75) is 50.8 Å². The summed E-state index contributed by atoms with van der Waals surface area (Å²) in [4.78, 5) is 4.33. The van der Waals surface area contributed by atoms with Gasteiger partial charge < -0.3 is 14.6 Å². The summed E-state index contributed by atoms with van der Waals surface area (Å²) < 4.78 is 33.6. The van der Waals surface area contributed by atoms with Crippen molar-refractivity contribution in [3.05, 3.63) is 11.7 Å². The van der Waals surface area contributed by atoms with Gasteiger partial charge >= 0.3 is 0 Å². The molecule has 3 heterocycles. The van der Waals surface area contributed by atoms with E-state index >= 15 is 0 Å². The molecule has 2 unspecified atom stereocenters. The molecule has 1 N–H and O–H groups in total. The fraction of sp³-hybridized carbons (Fsp3) is 0.846. The summed E-state index contributed by atoms with van der Waals surface area (Å²) >= 11 is 0. The van der Waals surface area contributed by atoms with E-state index in [4.69, 9.17) is 9.26 Å². The van der Waals surface area contributed by atoms with Gasteiger partial charge in [0.15, 0.2) is 15.7 Å². The predicted octanol–water partition coefficient (Wildman–Crippen LogP) is 0.458. The third-order valence-corrected chi connectivity index (χ3v) is 5.74. The van der Waals surface area contributed by atoms with Crippen molar-refractivity contribution in [3.63, 3.8) is 0 Å². The highest BCUT2D eigenvalue weighted by Crippen LogP contribution is 2.16. The molecule has 0 spiro atoms. The van der Waals surface area contributed by atoms with Crippen LogP contribution in [0, 0.1) is 0 Å². The molecular formula is C13H21N3O4S. The van der Waals surface area contributed by atoms with E-state index in [-0.39, 0.29) is 23.7 Å². The van der Waals surface area contributed by atoms with Crippen LogP contribution in [0.4, 0.5) is 0 Å². The number of ether oxygens (including phenoxy) is 1. The van der Waals surface area contributed by atoms with Crippen LogP contribution in [0.5, 0.6) is 0 Å². The SMILES string of the molecule is O=S1(=O)CCC(NCc2nc(CC3CCCCO3)no2)C1. The minimum Gasteiger partial charge on any atom is -0.378 e. The van der Waals surface area contributed by atoms with Gasteiger partial charge in [0.1, 0.15) is 0 Å². The van der Waals surface area contributed by atoms with Gasteiger partial charge in [-0.3, -0.25) is 0 Å². The predicted molar refractivity (Wildman–Crippen MR) is 75.5 cm³/mol. The first-order valence-corrected chi connectivity index (χ1v) is 9.30. The monoisotopic (exact) mass is 315 g/mol. The summed E-state index contributed by atoms with van der Waals surface area (Å²) in [7, 11) is -2.86. The lowest BCUT2D eigenvalue weighted by Crippen LogP contribution is -2.29. The quantitative estimate of drug-likeness (QED) is 0.843. The molecule has 0 bridgehead atoms. The van der Waals surface area contributed by atoms with E-state index < -0.39 is 9.84 Å². The molecule has 2 aliphatic heterocycles. The Morgan fingerprint density at radius 3 is 2.90 bits per heavy atom. The number of hydrogen-bond acceptors (Lipinski definition) is 7. The van der Waals surface area contributed by atoms with Gasteiger partial charge in [0, 0.05) is 19.1 Å². The van der Waals surface area contributed by atoms with E-state index in [2.05, 4.69) is 15.5 Å². The van der Waals surface area contributed by atoms with Crippen molar-refractivity contribution in [1.29, 1.82) is 0 Å². The maximum absolute atomic E-state index is 11.4. The molecule has 1 aromatic rings. The third-order valence-electron chi connectivity index (χ3n) is 3.97. The van der Waals surface area contributed by atoms with Crippen LogP contribution in [0.15, 0.2) is 4.52 Å². The molecule has 1 aromatic heterocycles. The minimum absolute atomic E-state index is 0.00738. The van der Waals surface area contributed by atoms with Gasteiger partial charge in [0.25, 0.3) is 0 Å². The Hall–Kier alpha value is -0.990. The number of sulfone groups is 1. The second-order valence-corrected chi connectivity index (χ2v) is 8.01. The van der Waals surface area contributed by atoms with Gasteiger partial charge in [-0.25, -0.2) is 8.42 Å². The summed E-state index contributed by atoms with van der Waals surface area (Å²) in [5, 5.41) is 7.12. The van der Waals surface area contributed by atoms with E-state index in [1.807, 2.05) is 0 Å². The molecule has 0 radical (unpaired) electrons. The number of nitrogens with one attached hydrogen (secondary N) is 1. The van der Waals surface area contributed by atoms with Crippen molar-refractivity contribution in [2.75, 3.05) is 18.1 Å². The average Bonchev–Trinajstić information content (AvgIpc) is 3.04. The molecular weight excluding hydrogens is 294 g/mol. The Kier molecular flexibility index (Phi) is 4.56. The lowest BCUT2D eigenvalue weighted by atomic mass is 10.1. The first-order valence-electron chi connectivity index (χ1n) is 7.47. The normalized spacial score (nSPS) is 28.8. The third kappa shape index (κ3) is 4.24. The molecule has 2 saturated heterocycles. The van der Waals surface area contributed by atoms with Gasteiger partial charge in [-0.15, -0.1) is 0 Å². The molecule has 21 heavy (non-hydrogen) atoms. The number of rotatable bonds is 5. The van der Waals surface area contributed by atoms with Crippen molar-refractivity contribution >= 4 is 9.84 Å². The molecule has 2 aliphatic rings. The zero-order valence-electron chi connectivity index (χ0n) is 12.0. The standard InChI is InChI=1S/C13H21N3O4S/c17-21(18)6-4-10(9-21)14-8-13-15-12(16-20-13)7-11-3-1-2-5-19-11/h10-11,14H,1-9H2. The highest BCUT2D eigenvalue weighted by Gasteiger charge is 2.27. The van der Waals surface area contributed by atoms with Crippen LogP contribution in [-0.2, 0) is 27.5 Å². The van der Waals surface area contributed by atoms with Crippen LogP contribution in [-0.4, -0.2) is 48.8 Å². The van der Waals surface area contributed by atoms with Crippen molar-refractivity contribution in [2.24, 2.45) is 0 Å². The van der Waals surface area contributed by atoms with E-state index in [1.54, 1.807) is 0 Å². The second-order valence-electron chi connectivity index (χ2n) is 5.78. The molecule has 0 amide bonds. The van der Waals surface area contributed by atoms with Crippen LogP contribution in [0.1, 0.15) is 37.4 Å². The van der Waals surface area contributed by atoms with Crippen LogP contribution >= 0.6 is 0 Å². The van der Waals surface area contributed by atoms with Gasteiger partial charge in [-0.2, -0.15) is 4.98 Å². The first kappa shape index (κ1) is 14.9. The summed E-state index contributed by atoms with van der Waals surface area (Å²) in [6.45, 7) is 1.23. The summed E-state index contributed by atoms with van der Waals surface area (Å²) in [5.41, 5.74) is 0. The Morgan fingerprint density at radius 2 is 2.19 bits per heavy atom. The van der Waals surface area contributed by atoms with Crippen LogP contribution in [0.3, 0.4) is 0 Å². The maximum Gasteiger partial charge on any atom is 0.240 e. The van der Waals surface area contributed by atoms with Crippen molar-refractivity contribution in [1.82, 2.24) is 15.5 Å². The van der Waals surface area contributed by atoms with Crippen LogP contribution in [0.25, 0.3) is 0 Å². The Balaban J connectivity index is 1.46. The van der Waals surface area contributed by atoms with E-state index in [1.165, 1.54) is 6.42 Å². The summed E-state index contributed by atoms with van der Waals surface area (Å²) in [5.74, 6) is 1.63. The van der Waals surface area contributed by atoms with E-state index in [0.717, 1.165) is 19.4 Å². The number of aromatic nitrogens is 2. The zero-order valence-corrected chi connectivity index (χ0v) is 12.8. The summed E-state index contributed by atoms with van der Waals surface area (Å²) in [6.07, 6.45) is 4.88. The zero-order chi connectivity index (χ0) is 14.7. The topological polar surface area (TPSA) is 94.3 Å². The van der Waals surface area contributed by atoms with Crippen LogP contribution < -0.4 is 5.32 Å². The van der Waals surface area contributed by atoms with Gasteiger partial charge in [0.2, 0.25) is 5.89 Å². The molecule has 0 saturated carbocycles. The van der Waals surface area contributed by atoms with Crippen molar-refractivity contribution < 1.29 is 17.7 Å². The van der Waals surface area contributed by atoms with Crippen LogP contribution in [0.2, 0.25) is 0 Å². The Bertz CT molecular complexity index is 566. The highest BCUT2D eigenvalue weighted by molar-refractivity contribution is 7.91. The van der Waals surface area contributed by atoms with Gasteiger partial charge in [-0.05, 0) is 25.7 Å². The first-order chi connectivity index (χ1) is 10.1. The highest BCUT2D eigenvalue weighted by atomic mass is 32.2. The largest absolute Gasteiger partial charge is 0.378 e. The molecule has 0 aromatic carbocycles. The molecule has 2 fully saturated rings. The molecule has 2 atom stereocenters. The van der Waals surface area contributed by atoms with Gasteiger partial charge in [-0.1, -0.05) is 5.16 Å². The molecule has 3 rings (SSSR count). The fourth-order valence-corrected chi connectivity index (χ4v) is 4.51. The van der Waals surface area contributed by atoms with E-state index in [9.17, 15) is 8.42 Å².